The lowest BCUT2D eigenvalue weighted by Crippen LogP contribution is -3.13. The zero-order valence-electron chi connectivity index (χ0n) is 16.1. The maximum absolute atomic E-state index is 12.8. The number of carbonyl (C=O) groups excluding carboxylic acids is 2. The molecular weight excluding hydrogens is 387 g/mol. The first-order chi connectivity index (χ1) is 13.7. The molecule has 2 amide bonds. The third kappa shape index (κ3) is 7.11. The molecule has 29 heavy (non-hydrogen) atoms. The van der Waals surface area contributed by atoms with Crippen LogP contribution in [0.1, 0.15) is 12.5 Å². The second kappa shape index (κ2) is 9.92. The Labute approximate surface area is 166 Å². The summed E-state index contributed by atoms with van der Waals surface area (Å²) in [6.45, 7) is 2.27. The summed E-state index contributed by atoms with van der Waals surface area (Å²) in [5.41, 5.74) is -0.216. The maximum Gasteiger partial charge on any atom is 0.416 e. The van der Waals surface area contributed by atoms with Gasteiger partial charge in [0.25, 0.3) is 11.8 Å². The van der Waals surface area contributed by atoms with Crippen LogP contribution in [-0.4, -0.2) is 38.6 Å². The lowest BCUT2D eigenvalue weighted by Gasteiger charge is -2.17. The third-order valence-corrected chi connectivity index (χ3v) is 4.15. The average Bonchev–Trinajstić information content (AvgIpc) is 2.67. The van der Waals surface area contributed by atoms with Gasteiger partial charge < -0.3 is 20.3 Å². The number of rotatable bonds is 8. The molecule has 0 fully saturated rings. The highest BCUT2D eigenvalue weighted by molar-refractivity contribution is 5.93. The van der Waals surface area contributed by atoms with E-state index in [0.29, 0.717) is 22.9 Å². The summed E-state index contributed by atoms with van der Waals surface area (Å²) in [6, 6.07) is 11.3. The Kier molecular flexibility index (Phi) is 7.60. The van der Waals surface area contributed by atoms with Gasteiger partial charge >= 0.3 is 6.18 Å². The first kappa shape index (κ1) is 22.2. The monoisotopic (exact) mass is 410 g/mol. The van der Waals surface area contributed by atoms with Crippen molar-refractivity contribution in [2.75, 3.05) is 37.4 Å². The van der Waals surface area contributed by atoms with E-state index < -0.39 is 17.6 Å². The van der Waals surface area contributed by atoms with E-state index in [1.54, 1.807) is 24.3 Å². The molecule has 0 aliphatic rings. The van der Waals surface area contributed by atoms with Gasteiger partial charge in [-0.05, 0) is 37.3 Å². The Balaban J connectivity index is 1.91. The first-order valence-electron chi connectivity index (χ1n) is 8.96. The lowest BCUT2D eigenvalue weighted by molar-refractivity contribution is -0.881. The number of quaternary nitrogens is 1. The molecule has 2 rings (SSSR count). The minimum absolute atomic E-state index is 0.0315. The smallest absolute Gasteiger partial charge is 0.416 e. The predicted octanol–water partition coefficient (Wildman–Crippen LogP) is 2.20. The molecule has 3 N–H and O–H groups in total. The Morgan fingerprint density at radius 2 is 1.52 bits per heavy atom. The van der Waals surface area contributed by atoms with Crippen molar-refractivity contribution in [2.24, 2.45) is 0 Å². The van der Waals surface area contributed by atoms with E-state index in [4.69, 9.17) is 4.74 Å². The quantitative estimate of drug-likeness (QED) is 0.625. The van der Waals surface area contributed by atoms with E-state index >= 15 is 0 Å². The summed E-state index contributed by atoms with van der Waals surface area (Å²) < 4.78 is 43.4. The van der Waals surface area contributed by atoms with Crippen LogP contribution >= 0.6 is 0 Å². The molecule has 0 saturated heterocycles. The van der Waals surface area contributed by atoms with Crippen molar-refractivity contribution in [2.45, 2.75) is 13.1 Å². The van der Waals surface area contributed by atoms with E-state index in [0.717, 1.165) is 12.1 Å². The number of anilines is 2. The number of likely N-dealkylation sites (N-methyl/N-ethyl adjacent to an activating group) is 1. The molecular formula is C20H23F3N3O3+. The molecule has 1 unspecified atom stereocenters. The molecule has 0 aliphatic carbocycles. The highest BCUT2D eigenvalue weighted by Crippen LogP contribution is 2.30. The Hall–Kier alpha value is -3.07. The first-order valence-corrected chi connectivity index (χ1v) is 8.96. The molecule has 0 spiro atoms. The van der Waals surface area contributed by atoms with Gasteiger partial charge in [-0.1, -0.05) is 12.1 Å². The second-order valence-corrected chi connectivity index (χ2v) is 6.36. The van der Waals surface area contributed by atoms with Gasteiger partial charge in [0.05, 0.1) is 19.2 Å². The third-order valence-electron chi connectivity index (χ3n) is 4.15. The van der Waals surface area contributed by atoms with Crippen LogP contribution in [0.3, 0.4) is 0 Å². The van der Waals surface area contributed by atoms with Crippen LogP contribution in [0, 0.1) is 0 Å². The molecule has 0 heterocycles. The molecule has 0 aromatic heterocycles. The van der Waals surface area contributed by atoms with Crippen molar-refractivity contribution in [3.63, 3.8) is 0 Å². The summed E-state index contributed by atoms with van der Waals surface area (Å²) in [7, 11) is 1.52. The minimum Gasteiger partial charge on any atom is -0.497 e. The van der Waals surface area contributed by atoms with E-state index in [2.05, 4.69) is 10.6 Å². The number of hydrogen-bond acceptors (Lipinski definition) is 3. The van der Waals surface area contributed by atoms with Gasteiger partial charge in [0, 0.05) is 17.4 Å². The fourth-order valence-electron chi connectivity index (χ4n) is 2.65. The van der Waals surface area contributed by atoms with Crippen molar-refractivity contribution in [1.82, 2.24) is 0 Å². The molecule has 0 aliphatic heterocycles. The van der Waals surface area contributed by atoms with E-state index in [1.807, 2.05) is 6.92 Å². The normalized spacial score (nSPS) is 12.2. The van der Waals surface area contributed by atoms with Gasteiger partial charge in [-0.3, -0.25) is 9.59 Å². The van der Waals surface area contributed by atoms with E-state index in [1.165, 1.54) is 19.2 Å². The largest absolute Gasteiger partial charge is 0.497 e. The Bertz CT molecular complexity index is 856. The number of nitrogens with one attached hydrogen (secondary N) is 3. The van der Waals surface area contributed by atoms with Gasteiger partial charge in [0.15, 0.2) is 13.1 Å². The number of alkyl halides is 3. The SMILES string of the molecule is CC[NH+](CC(=O)Nc1cccc(OC)c1)CC(=O)Nc1cccc(C(F)(F)F)c1. The van der Waals surface area contributed by atoms with Crippen LogP contribution in [0.5, 0.6) is 5.75 Å². The predicted molar refractivity (Wildman–Crippen MR) is 103 cm³/mol. The summed E-state index contributed by atoms with van der Waals surface area (Å²) in [6.07, 6.45) is -4.49. The number of amides is 2. The highest BCUT2D eigenvalue weighted by Gasteiger charge is 2.30. The highest BCUT2D eigenvalue weighted by atomic mass is 19.4. The van der Waals surface area contributed by atoms with Crippen LogP contribution in [0.2, 0.25) is 0 Å². The van der Waals surface area contributed by atoms with Crippen LogP contribution in [0.25, 0.3) is 0 Å². The maximum atomic E-state index is 12.8. The second-order valence-electron chi connectivity index (χ2n) is 6.36. The molecule has 9 heteroatoms. The van der Waals surface area contributed by atoms with Gasteiger partial charge in [0.1, 0.15) is 5.75 Å². The van der Waals surface area contributed by atoms with Crippen LogP contribution in [0.4, 0.5) is 24.5 Å². The van der Waals surface area contributed by atoms with Crippen molar-refractivity contribution < 1.29 is 32.4 Å². The van der Waals surface area contributed by atoms with Crippen LogP contribution < -0.4 is 20.3 Å². The molecule has 2 aromatic rings. The zero-order valence-corrected chi connectivity index (χ0v) is 16.1. The van der Waals surface area contributed by atoms with Gasteiger partial charge in [0.2, 0.25) is 0 Å². The molecule has 6 nitrogen and oxygen atoms in total. The number of benzene rings is 2. The zero-order chi connectivity index (χ0) is 21.4. The number of hydrogen-bond donors (Lipinski definition) is 3. The number of carbonyl (C=O) groups is 2. The molecule has 0 radical (unpaired) electrons. The molecule has 2 aromatic carbocycles. The Morgan fingerprint density at radius 3 is 2.03 bits per heavy atom. The van der Waals surface area contributed by atoms with E-state index in [-0.39, 0.29) is 24.7 Å². The molecule has 1 atom stereocenters. The van der Waals surface area contributed by atoms with Crippen molar-refractivity contribution in [3.05, 3.63) is 54.1 Å². The fourth-order valence-corrected chi connectivity index (χ4v) is 2.65. The van der Waals surface area contributed by atoms with Gasteiger partial charge in [-0.15, -0.1) is 0 Å². The average molecular weight is 410 g/mol. The fraction of sp³-hybridized carbons (Fsp3) is 0.300. The van der Waals surface area contributed by atoms with Crippen molar-refractivity contribution in [3.8, 4) is 5.75 Å². The van der Waals surface area contributed by atoms with Crippen LogP contribution in [-0.2, 0) is 15.8 Å². The lowest BCUT2D eigenvalue weighted by atomic mass is 10.2. The van der Waals surface area contributed by atoms with Gasteiger partial charge in [-0.25, -0.2) is 0 Å². The standard InChI is InChI=1S/C20H22F3N3O3/c1-3-26(13-19(28)25-16-8-5-9-17(11-16)29-2)12-18(27)24-15-7-4-6-14(10-15)20(21,22)23/h4-11H,3,12-13H2,1-2H3,(H,24,27)(H,25,28)/p+1. The summed E-state index contributed by atoms with van der Waals surface area (Å²) in [5.74, 6) is -0.166. The summed E-state index contributed by atoms with van der Waals surface area (Å²) >= 11 is 0. The van der Waals surface area contributed by atoms with Crippen molar-refractivity contribution in [1.29, 1.82) is 0 Å². The minimum atomic E-state index is -4.49. The topological polar surface area (TPSA) is 71.9 Å². The number of halogens is 3. The summed E-state index contributed by atoms with van der Waals surface area (Å²) in [5, 5.41) is 5.18. The van der Waals surface area contributed by atoms with E-state index in [9.17, 15) is 22.8 Å². The molecule has 0 saturated carbocycles. The molecule has 0 bridgehead atoms. The molecule has 156 valence electrons. The Morgan fingerprint density at radius 1 is 0.966 bits per heavy atom. The number of ether oxygens (including phenoxy) is 1. The van der Waals surface area contributed by atoms with Crippen molar-refractivity contribution >= 4 is 23.2 Å². The summed E-state index contributed by atoms with van der Waals surface area (Å²) in [4.78, 5) is 25.1. The number of methoxy groups -OCH3 is 1. The van der Waals surface area contributed by atoms with Gasteiger partial charge in [-0.2, -0.15) is 13.2 Å². The van der Waals surface area contributed by atoms with Crippen LogP contribution in [0.15, 0.2) is 48.5 Å².